The van der Waals surface area contributed by atoms with Crippen LogP contribution in [0.2, 0.25) is 0 Å². The minimum atomic E-state index is -2.47. The molecule has 5 heteroatoms. The Balaban J connectivity index is 2.73. The summed E-state index contributed by atoms with van der Waals surface area (Å²) in [6.07, 6.45) is -1.72. The van der Waals surface area contributed by atoms with Crippen LogP contribution in [-0.2, 0) is 13.0 Å². The maximum absolute atomic E-state index is 12.0. The molecule has 0 saturated heterocycles. The van der Waals surface area contributed by atoms with E-state index in [4.69, 9.17) is 4.74 Å². The lowest BCUT2D eigenvalue weighted by Gasteiger charge is -2.09. The second-order valence-corrected chi connectivity index (χ2v) is 3.64. The van der Waals surface area contributed by atoms with Gasteiger partial charge in [-0.2, -0.15) is 0 Å². The molecule has 0 aromatic carbocycles. The van der Waals surface area contributed by atoms with E-state index in [2.05, 4.69) is 10.3 Å². The van der Waals surface area contributed by atoms with E-state index in [0.29, 0.717) is 6.54 Å². The third kappa shape index (κ3) is 5.08. The summed E-state index contributed by atoms with van der Waals surface area (Å²) in [5.74, 6) is 0.276. The van der Waals surface area contributed by atoms with Crippen LogP contribution in [0.15, 0.2) is 12.1 Å². The van der Waals surface area contributed by atoms with Gasteiger partial charge in [-0.05, 0) is 24.6 Å². The van der Waals surface area contributed by atoms with Crippen molar-refractivity contribution < 1.29 is 13.5 Å². The quantitative estimate of drug-likeness (QED) is 0.799. The number of aromatic nitrogens is 1. The lowest BCUT2D eigenvalue weighted by Crippen LogP contribution is -2.13. The fourth-order valence-corrected chi connectivity index (χ4v) is 1.40. The number of rotatable bonds is 7. The summed E-state index contributed by atoms with van der Waals surface area (Å²) in [5, 5.41) is 3.18. The Morgan fingerprint density at radius 1 is 1.35 bits per heavy atom. The van der Waals surface area contributed by atoms with Crippen LogP contribution in [0.4, 0.5) is 8.78 Å². The Morgan fingerprint density at radius 3 is 2.71 bits per heavy atom. The Labute approximate surface area is 100 Å². The average molecular weight is 244 g/mol. The summed E-state index contributed by atoms with van der Waals surface area (Å²) in [7, 11) is 0. The lowest BCUT2D eigenvalue weighted by molar-refractivity contribution is 0.0794. The molecule has 1 N–H and O–H groups in total. The predicted octanol–water partition coefficient (Wildman–Crippen LogP) is 2.40. The van der Waals surface area contributed by atoms with Gasteiger partial charge in [0.05, 0.1) is 0 Å². The first-order chi connectivity index (χ1) is 8.15. The summed E-state index contributed by atoms with van der Waals surface area (Å²) >= 11 is 0. The summed E-state index contributed by atoms with van der Waals surface area (Å²) in [4.78, 5) is 4.15. The molecule has 1 aromatic heterocycles. The Kier molecular flexibility index (Phi) is 5.83. The van der Waals surface area contributed by atoms with Crippen molar-refractivity contribution in [2.45, 2.75) is 33.2 Å². The molecule has 0 bridgehead atoms. The van der Waals surface area contributed by atoms with Crippen molar-refractivity contribution in [3.05, 3.63) is 23.4 Å². The highest BCUT2D eigenvalue weighted by Gasteiger charge is 2.07. The number of hydrogen-bond donors (Lipinski definition) is 1. The van der Waals surface area contributed by atoms with Crippen molar-refractivity contribution in [3.8, 4) is 5.88 Å². The molecule has 0 amide bonds. The largest absolute Gasteiger partial charge is 0.472 e. The highest BCUT2D eigenvalue weighted by Crippen LogP contribution is 2.14. The number of pyridine rings is 1. The molecule has 1 aromatic rings. The maximum Gasteiger partial charge on any atom is 0.272 e. The minimum Gasteiger partial charge on any atom is -0.472 e. The average Bonchev–Trinajstić information content (AvgIpc) is 2.33. The first-order valence-corrected chi connectivity index (χ1v) is 5.77. The molecule has 0 atom stereocenters. The van der Waals surface area contributed by atoms with Gasteiger partial charge in [-0.15, -0.1) is 0 Å². The van der Waals surface area contributed by atoms with E-state index >= 15 is 0 Å². The summed E-state index contributed by atoms with van der Waals surface area (Å²) < 4.78 is 29.0. The van der Waals surface area contributed by atoms with E-state index in [1.54, 1.807) is 6.07 Å². The smallest absolute Gasteiger partial charge is 0.272 e. The van der Waals surface area contributed by atoms with Crippen LogP contribution in [0.3, 0.4) is 0 Å². The fraction of sp³-hybridized carbons (Fsp3) is 0.583. The van der Waals surface area contributed by atoms with Crippen LogP contribution >= 0.6 is 0 Å². The summed E-state index contributed by atoms with van der Waals surface area (Å²) in [5.41, 5.74) is 1.85. The molecule has 0 spiro atoms. The van der Waals surface area contributed by atoms with Gasteiger partial charge in [-0.3, -0.25) is 0 Å². The first-order valence-electron chi connectivity index (χ1n) is 5.77. The van der Waals surface area contributed by atoms with E-state index < -0.39 is 13.0 Å². The molecule has 3 nitrogen and oxygen atoms in total. The molecular weight excluding hydrogens is 226 g/mol. The molecule has 1 rings (SSSR count). The van der Waals surface area contributed by atoms with Crippen molar-refractivity contribution in [2.75, 3.05) is 13.2 Å². The molecule has 0 unspecified atom stereocenters. The van der Waals surface area contributed by atoms with E-state index in [1.807, 2.05) is 19.9 Å². The normalized spacial score (nSPS) is 10.9. The number of ether oxygens (including phenoxy) is 1. The summed E-state index contributed by atoms with van der Waals surface area (Å²) in [6.45, 7) is 4.92. The second kappa shape index (κ2) is 7.17. The van der Waals surface area contributed by atoms with Crippen molar-refractivity contribution in [2.24, 2.45) is 0 Å². The second-order valence-electron chi connectivity index (χ2n) is 3.64. The van der Waals surface area contributed by atoms with Crippen LogP contribution in [0.25, 0.3) is 0 Å². The van der Waals surface area contributed by atoms with Gasteiger partial charge in [0.25, 0.3) is 6.43 Å². The van der Waals surface area contributed by atoms with Crippen molar-refractivity contribution >= 4 is 0 Å². The Morgan fingerprint density at radius 2 is 2.12 bits per heavy atom. The number of nitrogens with zero attached hydrogens (tertiary/aromatic N) is 1. The van der Waals surface area contributed by atoms with Crippen LogP contribution in [0, 0.1) is 0 Å². The van der Waals surface area contributed by atoms with Gasteiger partial charge in [-0.25, -0.2) is 13.8 Å². The molecule has 0 saturated carbocycles. The van der Waals surface area contributed by atoms with Crippen molar-refractivity contribution in [1.29, 1.82) is 0 Å². The topological polar surface area (TPSA) is 34.2 Å². The zero-order valence-corrected chi connectivity index (χ0v) is 10.2. The Hall–Kier alpha value is -1.23. The third-order valence-electron chi connectivity index (χ3n) is 2.21. The molecule has 0 aliphatic carbocycles. The maximum atomic E-state index is 12.0. The van der Waals surface area contributed by atoms with E-state index in [0.717, 1.165) is 24.2 Å². The zero-order valence-electron chi connectivity index (χ0n) is 10.2. The number of nitrogens with one attached hydrogen (secondary N) is 1. The van der Waals surface area contributed by atoms with Crippen LogP contribution in [0.5, 0.6) is 5.88 Å². The van der Waals surface area contributed by atoms with Gasteiger partial charge in [-0.1, -0.05) is 13.8 Å². The van der Waals surface area contributed by atoms with Gasteiger partial charge in [0.15, 0.2) is 6.61 Å². The van der Waals surface area contributed by atoms with Crippen LogP contribution in [0.1, 0.15) is 25.1 Å². The SMILES string of the molecule is CCNCc1cc(CC)nc(OCC(F)F)c1. The van der Waals surface area contributed by atoms with Gasteiger partial charge in [0, 0.05) is 18.3 Å². The van der Waals surface area contributed by atoms with Crippen molar-refractivity contribution in [3.63, 3.8) is 0 Å². The molecule has 96 valence electrons. The van der Waals surface area contributed by atoms with Crippen LogP contribution in [-0.4, -0.2) is 24.6 Å². The third-order valence-corrected chi connectivity index (χ3v) is 2.21. The van der Waals surface area contributed by atoms with Gasteiger partial charge >= 0.3 is 0 Å². The lowest BCUT2D eigenvalue weighted by atomic mass is 10.2. The minimum absolute atomic E-state index is 0.276. The monoisotopic (exact) mass is 244 g/mol. The standard InChI is InChI=1S/C12H18F2N2O/c1-3-10-5-9(7-15-4-2)6-12(16-10)17-8-11(13)14/h5-6,11,15H,3-4,7-8H2,1-2H3. The first kappa shape index (κ1) is 13.8. The van der Waals surface area contributed by atoms with E-state index in [-0.39, 0.29) is 5.88 Å². The molecule has 0 radical (unpaired) electrons. The molecule has 0 aliphatic heterocycles. The molecule has 0 fully saturated rings. The number of aryl methyl sites for hydroxylation is 1. The highest BCUT2D eigenvalue weighted by molar-refractivity contribution is 5.25. The van der Waals surface area contributed by atoms with Gasteiger partial charge in [0.2, 0.25) is 5.88 Å². The van der Waals surface area contributed by atoms with E-state index in [9.17, 15) is 8.78 Å². The van der Waals surface area contributed by atoms with Crippen molar-refractivity contribution in [1.82, 2.24) is 10.3 Å². The number of halogens is 2. The Bertz CT molecular complexity index is 345. The zero-order chi connectivity index (χ0) is 12.7. The van der Waals surface area contributed by atoms with Gasteiger partial charge < -0.3 is 10.1 Å². The predicted molar refractivity (Wildman–Crippen MR) is 62.5 cm³/mol. The summed E-state index contributed by atoms with van der Waals surface area (Å²) in [6, 6.07) is 3.65. The van der Waals surface area contributed by atoms with Gasteiger partial charge in [0.1, 0.15) is 0 Å². The van der Waals surface area contributed by atoms with E-state index in [1.165, 1.54) is 0 Å². The number of hydrogen-bond acceptors (Lipinski definition) is 3. The molecule has 1 heterocycles. The fourth-order valence-electron chi connectivity index (χ4n) is 1.40. The molecular formula is C12H18F2N2O. The number of alkyl halides is 2. The highest BCUT2D eigenvalue weighted by atomic mass is 19.3. The van der Waals surface area contributed by atoms with Crippen LogP contribution < -0.4 is 10.1 Å². The molecule has 0 aliphatic rings. The molecule has 17 heavy (non-hydrogen) atoms.